The van der Waals surface area contributed by atoms with E-state index in [0.717, 1.165) is 5.56 Å². The number of hydrogen-bond donors (Lipinski definition) is 0. The largest absolute Gasteiger partial charge is 0.493 e. The second kappa shape index (κ2) is 8.48. The van der Waals surface area contributed by atoms with Crippen molar-refractivity contribution in [3.05, 3.63) is 46.0 Å². The van der Waals surface area contributed by atoms with Crippen molar-refractivity contribution in [2.24, 2.45) is 0 Å². The molecule has 0 bridgehead atoms. The van der Waals surface area contributed by atoms with E-state index in [0.29, 0.717) is 22.9 Å². The molecule has 0 aliphatic carbocycles. The Bertz CT molecular complexity index is 925. The fourth-order valence-electron chi connectivity index (χ4n) is 3.16. The molecule has 1 heterocycles. The van der Waals surface area contributed by atoms with Crippen LogP contribution in [0.3, 0.4) is 0 Å². The summed E-state index contributed by atoms with van der Waals surface area (Å²) < 4.78 is 21.2. The third-order valence-electron chi connectivity index (χ3n) is 4.48. The Kier molecular flexibility index (Phi) is 6.02. The van der Waals surface area contributed by atoms with Gasteiger partial charge in [0.1, 0.15) is 5.37 Å². The molecule has 0 N–H and O–H groups in total. The van der Waals surface area contributed by atoms with Gasteiger partial charge in [0.25, 0.3) is 0 Å². The average molecular weight is 420 g/mol. The number of anilines is 1. The average Bonchev–Trinajstić information content (AvgIpc) is 3.13. The van der Waals surface area contributed by atoms with Crippen molar-refractivity contribution >= 4 is 29.0 Å². The van der Waals surface area contributed by atoms with Crippen molar-refractivity contribution < 1.29 is 28.7 Å². The molecular formula is C19H20N2O7S. The Morgan fingerprint density at radius 2 is 1.62 bits per heavy atom. The third kappa shape index (κ3) is 3.75. The van der Waals surface area contributed by atoms with Gasteiger partial charge in [0.05, 0.1) is 44.8 Å². The Balaban J connectivity index is 2.09. The van der Waals surface area contributed by atoms with Crippen LogP contribution in [-0.4, -0.2) is 45.0 Å². The maximum absolute atomic E-state index is 12.6. The molecular weight excluding hydrogens is 400 g/mol. The minimum atomic E-state index is -0.537. The highest BCUT2D eigenvalue weighted by Gasteiger charge is 2.36. The highest BCUT2D eigenvalue weighted by molar-refractivity contribution is 8.00. The second-order valence-electron chi connectivity index (χ2n) is 6.00. The maximum Gasteiger partial charge on any atom is 0.312 e. The van der Waals surface area contributed by atoms with Crippen LogP contribution in [0.1, 0.15) is 10.9 Å². The summed E-state index contributed by atoms with van der Waals surface area (Å²) in [6.45, 7) is 0. The standard InChI is InChI=1S/C19H20N2O7S/c1-25-14-6-5-12(9-13(14)21(23)24)20-17(22)10-29-19(20)11-7-15(26-2)18(28-4)16(8-11)27-3/h5-9,19H,10H2,1-4H3. The Morgan fingerprint density at radius 3 is 2.14 bits per heavy atom. The number of nitrogens with zero attached hydrogens (tertiary/aromatic N) is 2. The van der Waals surface area contributed by atoms with E-state index < -0.39 is 10.3 Å². The molecule has 10 heteroatoms. The number of rotatable bonds is 7. The van der Waals surface area contributed by atoms with E-state index in [9.17, 15) is 14.9 Å². The van der Waals surface area contributed by atoms with Gasteiger partial charge in [-0.15, -0.1) is 11.8 Å². The number of benzene rings is 2. The zero-order valence-electron chi connectivity index (χ0n) is 16.3. The normalized spacial score (nSPS) is 15.9. The van der Waals surface area contributed by atoms with Crippen molar-refractivity contribution in [3.8, 4) is 23.0 Å². The molecule has 154 valence electrons. The summed E-state index contributed by atoms with van der Waals surface area (Å²) in [6, 6.07) is 7.98. The molecule has 1 aliphatic heterocycles. The van der Waals surface area contributed by atoms with Gasteiger partial charge in [-0.2, -0.15) is 0 Å². The number of methoxy groups -OCH3 is 4. The molecule has 0 saturated carbocycles. The van der Waals surface area contributed by atoms with Gasteiger partial charge in [-0.1, -0.05) is 0 Å². The van der Waals surface area contributed by atoms with Crippen LogP contribution in [0, 0.1) is 10.1 Å². The van der Waals surface area contributed by atoms with Crippen molar-refractivity contribution in [2.75, 3.05) is 39.1 Å². The molecule has 29 heavy (non-hydrogen) atoms. The molecule has 1 aliphatic rings. The van der Waals surface area contributed by atoms with Crippen LogP contribution in [0.5, 0.6) is 23.0 Å². The molecule has 1 saturated heterocycles. The number of thioether (sulfide) groups is 1. The summed E-state index contributed by atoms with van der Waals surface area (Å²) in [6.07, 6.45) is 0. The number of ether oxygens (including phenoxy) is 4. The van der Waals surface area contributed by atoms with Crippen LogP contribution in [0.2, 0.25) is 0 Å². The van der Waals surface area contributed by atoms with Crippen molar-refractivity contribution in [1.29, 1.82) is 0 Å². The zero-order chi connectivity index (χ0) is 21.1. The Hall–Kier alpha value is -3.14. The van der Waals surface area contributed by atoms with E-state index in [1.165, 1.54) is 57.2 Å². The van der Waals surface area contributed by atoms with E-state index in [4.69, 9.17) is 18.9 Å². The zero-order valence-corrected chi connectivity index (χ0v) is 17.1. The summed E-state index contributed by atoms with van der Waals surface area (Å²) in [5, 5.41) is 11.0. The van der Waals surface area contributed by atoms with Gasteiger partial charge in [0, 0.05) is 6.07 Å². The molecule has 3 rings (SSSR count). The molecule has 0 radical (unpaired) electrons. The lowest BCUT2D eigenvalue weighted by Gasteiger charge is -2.25. The number of nitro benzene ring substituents is 1. The highest BCUT2D eigenvalue weighted by Crippen LogP contribution is 2.47. The van der Waals surface area contributed by atoms with Gasteiger partial charge in [0.2, 0.25) is 11.7 Å². The molecule has 1 atom stereocenters. The number of amides is 1. The number of carbonyl (C=O) groups is 1. The van der Waals surface area contributed by atoms with E-state index in [2.05, 4.69) is 0 Å². The van der Waals surface area contributed by atoms with Crippen LogP contribution in [-0.2, 0) is 4.79 Å². The molecule has 1 amide bonds. The lowest BCUT2D eigenvalue weighted by Crippen LogP contribution is -2.28. The van der Waals surface area contributed by atoms with Gasteiger partial charge < -0.3 is 18.9 Å². The van der Waals surface area contributed by atoms with Crippen LogP contribution in [0.15, 0.2) is 30.3 Å². The van der Waals surface area contributed by atoms with Crippen molar-refractivity contribution in [1.82, 2.24) is 0 Å². The topological polar surface area (TPSA) is 100 Å². The summed E-state index contributed by atoms with van der Waals surface area (Å²) in [5.74, 6) is 1.57. The Labute approximate surface area is 171 Å². The monoisotopic (exact) mass is 420 g/mol. The van der Waals surface area contributed by atoms with Gasteiger partial charge >= 0.3 is 5.69 Å². The summed E-state index contributed by atoms with van der Waals surface area (Å²) in [4.78, 5) is 25.0. The quantitative estimate of drug-likeness (QED) is 0.496. The second-order valence-corrected chi connectivity index (χ2v) is 7.07. The smallest absolute Gasteiger partial charge is 0.312 e. The number of hydrogen-bond acceptors (Lipinski definition) is 8. The minimum absolute atomic E-state index is 0.127. The fraction of sp³-hybridized carbons (Fsp3) is 0.316. The van der Waals surface area contributed by atoms with Crippen LogP contribution < -0.4 is 23.8 Å². The predicted molar refractivity (Wildman–Crippen MR) is 108 cm³/mol. The van der Waals surface area contributed by atoms with Crippen molar-refractivity contribution in [3.63, 3.8) is 0 Å². The molecule has 2 aromatic rings. The molecule has 9 nitrogen and oxygen atoms in total. The van der Waals surface area contributed by atoms with Gasteiger partial charge in [-0.3, -0.25) is 19.8 Å². The van der Waals surface area contributed by atoms with Gasteiger partial charge in [-0.25, -0.2) is 0 Å². The summed E-state index contributed by atoms with van der Waals surface area (Å²) in [7, 11) is 5.89. The van der Waals surface area contributed by atoms with E-state index in [1.807, 2.05) is 0 Å². The molecule has 0 aromatic heterocycles. The van der Waals surface area contributed by atoms with E-state index in [-0.39, 0.29) is 23.1 Å². The third-order valence-corrected chi connectivity index (χ3v) is 5.69. The van der Waals surface area contributed by atoms with Crippen LogP contribution in [0.25, 0.3) is 0 Å². The lowest BCUT2D eigenvalue weighted by molar-refractivity contribution is -0.385. The van der Waals surface area contributed by atoms with Crippen LogP contribution >= 0.6 is 11.8 Å². The minimum Gasteiger partial charge on any atom is -0.493 e. The predicted octanol–water partition coefficient (Wildman–Crippen LogP) is 3.41. The Morgan fingerprint density at radius 1 is 1.00 bits per heavy atom. The van der Waals surface area contributed by atoms with Gasteiger partial charge in [0.15, 0.2) is 17.2 Å². The lowest BCUT2D eigenvalue weighted by atomic mass is 10.1. The maximum atomic E-state index is 12.6. The molecule has 1 fully saturated rings. The number of nitro groups is 1. The fourth-order valence-corrected chi connectivity index (χ4v) is 4.32. The van der Waals surface area contributed by atoms with E-state index >= 15 is 0 Å². The summed E-state index contributed by atoms with van der Waals surface area (Å²) >= 11 is 1.41. The molecule has 0 spiro atoms. The number of carbonyl (C=O) groups excluding carboxylic acids is 1. The SMILES string of the molecule is COc1ccc(N2C(=O)CSC2c2cc(OC)c(OC)c(OC)c2)cc1[N+](=O)[O-]. The van der Waals surface area contributed by atoms with Crippen LogP contribution in [0.4, 0.5) is 11.4 Å². The van der Waals surface area contributed by atoms with Crippen molar-refractivity contribution in [2.45, 2.75) is 5.37 Å². The van der Waals surface area contributed by atoms with E-state index in [1.54, 1.807) is 18.2 Å². The first kappa shape index (κ1) is 20.6. The first-order chi connectivity index (χ1) is 13.9. The highest BCUT2D eigenvalue weighted by atomic mass is 32.2. The summed E-state index contributed by atoms with van der Waals surface area (Å²) in [5.41, 5.74) is 0.943. The molecule has 2 aromatic carbocycles. The first-order valence-electron chi connectivity index (χ1n) is 8.51. The van der Waals surface area contributed by atoms with Gasteiger partial charge in [-0.05, 0) is 29.8 Å². The molecule has 1 unspecified atom stereocenters. The first-order valence-corrected chi connectivity index (χ1v) is 9.56.